The van der Waals surface area contributed by atoms with Crippen LogP contribution in [0.15, 0.2) is 55.0 Å². The maximum Gasteiger partial charge on any atom is 0.232 e. The van der Waals surface area contributed by atoms with Crippen LogP contribution in [-0.2, 0) is 10.0 Å². The number of fused-ring (bicyclic) bond motifs is 1. The van der Waals surface area contributed by atoms with Gasteiger partial charge >= 0.3 is 0 Å². The number of rotatable bonds is 7. The predicted octanol–water partition coefficient (Wildman–Crippen LogP) is 4.29. The van der Waals surface area contributed by atoms with Crippen LogP contribution in [0.5, 0.6) is 0 Å². The van der Waals surface area contributed by atoms with Crippen molar-refractivity contribution in [3.63, 3.8) is 0 Å². The highest BCUT2D eigenvalue weighted by Gasteiger charge is 2.26. The number of hydrogen-bond donors (Lipinski definition) is 2. The number of carbonyl (C=O) groups is 1. The number of pyridine rings is 2. The summed E-state index contributed by atoms with van der Waals surface area (Å²) in [5, 5.41) is -0.423. The molecule has 32 heavy (non-hydrogen) atoms. The highest BCUT2D eigenvalue weighted by atomic mass is 32.2. The van der Waals surface area contributed by atoms with Crippen molar-refractivity contribution in [3.05, 3.63) is 77.8 Å². The van der Waals surface area contributed by atoms with E-state index in [2.05, 4.69) is 15.0 Å². The molecular weight excluding hydrogens is 438 g/mol. The van der Waals surface area contributed by atoms with Gasteiger partial charge in [0.15, 0.2) is 5.82 Å². The summed E-state index contributed by atoms with van der Waals surface area (Å²) in [6.45, 7) is 0.584. The molecule has 7 nitrogen and oxygen atoms in total. The van der Waals surface area contributed by atoms with Crippen LogP contribution >= 0.6 is 0 Å². The Morgan fingerprint density at radius 3 is 2.84 bits per heavy atom. The second-order valence-corrected chi connectivity index (χ2v) is 7.64. The molecule has 0 unspecified atom stereocenters. The van der Waals surface area contributed by atoms with Crippen LogP contribution in [0.1, 0.15) is 41.6 Å². The SMILES string of the molecule is [2H]c1nc2[nH]c([2H])c(C(=O)c3c(F)c([2H])c([2H])c(NS(=O)(=O)C([2H])([2H])C([2H])([2H])C)c3F)c2c([2H])c1-c1cccnc1. The first kappa shape index (κ1) is 13.0. The van der Waals surface area contributed by atoms with E-state index in [9.17, 15) is 13.2 Å². The number of anilines is 1. The summed E-state index contributed by atoms with van der Waals surface area (Å²) in [6.07, 6.45) is -1.57. The number of ketones is 1. The molecule has 164 valence electrons. The molecule has 10 heteroatoms. The van der Waals surface area contributed by atoms with Crippen molar-refractivity contribution < 1.29 is 34.3 Å². The zero-order valence-electron chi connectivity index (χ0n) is 25.1. The third-order valence-electron chi connectivity index (χ3n) is 4.16. The van der Waals surface area contributed by atoms with E-state index in [1.54, 1.807) is 0 Å². The first-order chi connectivity index (χ1) is 18.8. The van der Waals surface area contributed by atoms with Crippen LogP contribution < -0.4 is 4.72 Å². The summed E-state index contributed by atoms with van der Waals surface area (Å²) in [7, 11) is -5.51. The quantitative estimate of drug-likeness (QED) is 0.396. The van der Waals surface area contributed by atoms with Crippen molar-refractivity contribution in [2.45, 2.75) is 13.3 Å². The van der Waals surface area contributed by atoms with Crippen molar-refractivity contribution >= 4 is 32.5 Å². The summed E-state index contributed by atoms with van der Waals surface area (Å²) in [5.74, 6) is -5.60. The van der Waals surface area contributed by atoms with Crippen molar-refractivity contribution in [3.8, 4) is 11.1 Å². The molecule has 0 fully saturated rings. The third-order valence-corrected chi connectivity index (χ3v) is 5.10. The van der Waals surface area contributed by atoms with Gasteiger partial charge in [0, 0.05) is 52.3 Å². The number of carbonyl (C=O) groups excluding carboxylic acids is 1. The van der Waals surface area contributed by atoms with E-state index < -0.39 is 92.2 Å². The Hall–Kier alpha value is -3.66. The zero-order valence-corrected chi connectivity index (χ0v) is 16.9. The Labute approximate surface area is 195 Å². The normalized spacial score (nSPS) is 16.5. The van der Waals surface area contributed by atoms with Gasteiger partial charge in [0.1, 0.15) is 11.5 Å². The van der Waals surface area contributed by atoms with Crippen molar-refractivity contribution in [1.29, 1.82) is 0 Å². The Balaban J connectivity index is 1.97. The number of aromatic nitrogens is 3. The van der Waals surface area contributed by atoms with Gasteiger partial charge in [0.05, 0.1) is 23.8 Å². The third kappa shape index (κ3) is 4.09. The molecule has 3 heterocycles. The average Bonchev–Trinajstić information content (AvgIpc) is 3.21. The van der Waals surface area contributed by atoms with Crippen LogP contribution in [-0.4, -0.2) is 34.9 Å². The first-order valence-corrected chi connectivity index (χ1v) is 10.3. The molecule has 0 aliphatic rings. The molecule has 3 aromatic heterocycles. The van der Waals surface area contributed by atoms with E-state index in [0.29, 0.717) is 6.92 Å². The summed E-state index contributed by atoms with van der Waals surface area (Å²) >= 11 is 0. The van der Waals surface area contributed by atoms with E-state index in [1.807, 2.05) is 0 Å². The van der Waals surface area contributed by atoms with Crippen LogP contribution in [0.3, 0.4) is 0 Å². The maximum atomic E-state index is 15.7. The Bertz CT molecular complexity index is 1850. The number of benzene rings is 1. The second kappa shape index (κ2) is 8.46. The molecule has 2 N–H and O–H groups in total. The van der Waals surface area contributed by atoms with Gasteiger partial charge in [-0.15, -0.1) is 0 Å². The molecule has 4 rings (SSSR count). The van der Waals surface area contributed by atoms with E-state index in [0.717, 1.165) is 0 Å². The lowest BCUT2D eigenvalue weighted by molar-refractivity contribution is 0.103. The molecule has 4 aromatic rings. The van der Waals surface area contributed by atoms with Crippen LogP contribution in [0.4, 0.5) is 14.5 Å². The lowest BCUT2D eigenvalue weighted by Crippen LogP contribution is -2.18. The molecule has 0 amide bonds. The molecule has 0 saturated heterocycles. The van der Waals surface area contributed by atoms with Crippen LogP contribution in [0, 0.1) is 11.6 Å². The largest absolute Gasteiger partial charge is 0.345 e. The van der Waals surface area contributed by atoms with Crippen LogP contribution in [0.2, 0.25) is 0 Å². The predicted molar refractivity (Wildman–Crippen MR) is 117 cm³/mol. The van der Waals surface area contributed by atoms with Gasteiger partial charge in [0.2, 0.25) is 15.8 Å². The number of halogens is 2. The van der Waals surface area contributed by atoms with Crippen molar-refractivity contribution in [2.75, 3.05) is 10.4 Å². The van der Waals surface area contributed by atoms with E-state index >= 15 is 8.78 Å². The summed E-state index contributed by atoms with van der Waals surface area (Å²) in [4.78, 5) is 23.7. The number of nitrogens with one attached hydrogen (secondary N) is 2. The minimum Gasteiger partial charge on any atom is -0.345 e. The molecule has 0 bridgehead atoms. The molecular formula is C22H18F2N4O3S. The molecule has 0 atom stereocenters. The van der Waals surface area contributed by atoms with Gasteiger partial charge < -0.3 is 4.98 Å². The van der Waals surface area contributed by atoms with Crippen molar-refractivity contribution in [2.24, 2.45) is 0 Å². The summed E-state index contributed by atoms with van der Waals surface area (Å²) < 4.78 is 129. The van der Waals surface area contributed by atoms with Gasteiger partial charge in [0.25, 0.3) is 0 Å². The van der Waals surface area contributed by atoms with Gasteiger partial charge in [-0.3, -0.25) is 14.5 Å². The highest BCUT2D eigenvalue weighted by Crippen LogP contribution is 2.29. The number of aromatic amines is 1. The molecule has 0 saturated carbocycles. The van der Waals surface area contributed by atoms with E-state index in [1.165, 1.54) is 29.2 Å². The Kier molecular flexibility index (Phi) is 3.44. The van der Waals surface area contributed by atoms with Gasteiger partial charge in [-0.1, -0.05) is 13.0 Å². The fourth-order valence-corrected chi connectivity index (χ4v) is 3.53. The lowest BCUT2D eigenvalue weighted by Gasteiger charge is -2.11. The molecule has 1 aromatic carbocycles. The maximum absolute atomic E-state index is 15.7. The first-order valence-electron chi connectivity index (χ1n) is 13.3. The number of nitrogens with zero attached hydrogens (tertiary/aromatic N) is 2. The Morgan fingerprint density at radius 2 is 2.12 bits per heavy atom. The topological polar surface area (TPSA) is 105 Å². The fourth-order valence-electron chi connectivity index (χ4n) is 2.80. The molecule has 0 aliphatic heterocycles. The number of H-pyrrole nitrogens is 1. The van der Waals surface area contributed by atoms with Gasteiger partial charge in [-0.2, -0.15) is 0 Å². The molecule has 0 aliphatic carbocycles. The highest BCUT2D eigenvalue weighted by molar-refractivity contribution is 7.92. The zero-order chi connectivity index (χ0) is 30.8. The van der Waals surface area contributed by atoms with E-state index in [4.69, 9.17) is 12.3 Å². The minimum atomic E-state index is -5.51. The minimum absolute atomic E-state index is 0.133. The fraction of sp³-hybridized carbons (Fsp3) is 0.136. The van der Waals surface area contributed by atoms with E-state index in [-0.39, 0.29) is 16.8 Å². The number of sulfonamides is 1. The number of hydrogen-bond acceptors (Lipinski definition) is 5. The lowest BCUT2D eigenvalue weighted by atomic mass is 10.00. The second-order valence-electron chi connectivity index (χ2n) is 6.23. The average molecular weight is 466 g/mol. The van der Waals surface area contributed by atoms with Crippen LogP contribution in [0.25, 0.3) is 22.2 Å². The summed E-state index contributed by atoms with van der Waals surface area (Å²) in [5.41, 5.74) is -7.87. The summed E-state index contributed by atoms with van der Waals surface area (Å²) in [6, 6.07) is -0.439. The molecule has 0 spiro atoms. The molecule has 0 radical (unpaired) electrons. The Morgan fingerprint density at radius 1 is 1.31 bits per heavy atom. The van der Waals surface area contributed by atoms with Gasteiger partial charge in [-0.25, -0.2) is 22.2 Å². The smallest absolute Gasteiger partial charge is 0.232 e. The monoisotopic (exact) mass is 465 g/mol. The van der Waals surface area contributed by atoms with Crippen molar-refractivity contribution in [1.82, 2.24) is 15.0 Å². The standard InChI is InChI=1S/C22H18F2N4O3S/c1-2-8-32(30,31)28-18-6-5-17(23)19(20(18)24)21(29)16-12-27-22-15(16)9-14(11-26-22)13-4-3-7-25-10-13/h3-7,9-12,28H,2,8H2,1H3,(H,26,27)/i2D2,5D,6D,8D2,9D,11D,12D. The van der Waals surface area contributed by atoms with Gasteiger partial charge in [-0.05, 0) is 30.6 Å².